The van der Waals surface area contributed by atoms with Gasteiger partial charge in [-0.05, 0) is 6.42 Å². The molecule has 98 valence electrons. The van der Waals surface area contributed by atoms with Crippen molar-refractivity contribution in [2.45, 2.75) is 57.5 Å². The summed E-state index contributed by atoms with van der Waals surface area (Å²) in [6.45, 7) is 4.93. The molecule has 0 saturated carbocycles. The highest BCUT2D eigenvalue weighted by atomic mass is 32.2. The van der Waals surface area contributed by atoms with Gasteiger partial charge in [0.25, 0.3) is 10.0 Å². The van der Waals surface area contributed by atoms with Crippen molar-refractivity contribution < 1.29 is 8.42 Å². The van der Waals surface area contributed by atoms with Crippen LogP contribution >= 0.6 is 0 Å². The highest BCUT2D eigenvalue weighted by molar-refractivity contribution is 7.89. The topological polar surface area (TPSA) is 78.0 Å². The first-order valence-electron chi connectivity index (χ1n) is 6.07. The average molecular weight is 259 g/mol. The zero-order valence-electron chi connectivity index (χ0n) is 10.5. The number of aryl methyl sites for hydroxylation is 2. The van der Waals surface area contributed by atoms with Crippen LogP contribution in [0, 0.1) is 0 Å². The molecule has 1 aromatic rings. The SMILES string of the molecule is CCCCCCn1cc(S(N)(=O)=O)nc1CC. The van der Waals surface area contributed by atoms with E-state index in [4.69, 9.17) is 5.14 Å². The lowest BCUT2D eigenvalue weighted by atomic mass is 10.2. The first-order chi connectivity index (χ1) is 7.99. The van der Waals surface area contributed by atoms with Crippen LogP contribution in [-0.2, 0) is 23.0 Å². The molecule has 0 amide bonds. The maximum absolute atomic E-state index is 11.2. The summed E-state index contributed by atoms with van der Waals surface area (Å²) in [5, 5.41) is 5.04. The molecular formula is C11H21N3O2S. The van der Waals surface area contributed by atoms with Crippen molar-refractivity contribution in [3.05, 3.63) is 12.0 Å². The van der Waals surface area contributed by atoms with Crippen LogP contribution in [0.4, 0.5) is 0 Å². The number of nitrogens with zero attached hydrogens (tertiary/aromatic N) is 2. The number of nitrogens with two attached hydrogens (primary N) is 1. The number of unbranched alkanes of at least 4 members (excludes halogenated alkanes) is 3. The molecule has 0 aliphatic heterocycles. The molecule has 0 radical (unpaired) electrons. The third kappa shape index (κ3) is 4.12. The summed E-state index contributed by atoms with van der Waals surface area (Å²) in [5.41, 5.74) is 0. The van der Waals surface area contributed by atoms with Gasteiger partial charge in [-0.15, -0.1) is 0 Å². The zero-order chi connectivity index (χ0) is 12.9. The van der Waals surface area contributed by atoms with Crippen molar-refractivity contribution in [3.8, 4) is 0 Å². The maximum atomic E-state index is 11.2. The number of hydrogen-bond donors (Lipinski definition) is 1. The maximum Gasteiger partial charge on any atom is 0.257 e. The van der Waals surface area contributed by atoms with E-state index in [1.807, 2.05) is 11.5 Å². The minimum Gasteiger partial charge on any atom is -0.333 e. The lowest BCUT2D eigenvalue weighted by Gasteiger charge is -2.05. The molecule has 1 aromatic heterocycles. The molecule has 2 N–H and O–H groups in total. The van der Waals surface area contributed by atoms with Crippen molar-refractivity contribution in [1.82, 2.24) is 9.55 Å². The van der Waals surface area contributed by atoms with Crippen LogP contribution in [0.25, 0.3) is 0 Å². The van der Waals surface area contributed by atoms with Gasteiger partial charge in [-0.25, -0.2) is 18.5 Å². The molecule has 6 heteroatoms. The summed E-state index contributed by atoms with van der Waals surface area (Å²) in [5.74, 6) is 0.783. The summed E-state index contributed by atoms with van der Waals surface area (Å²) in [6.07, 6.45) is 6.85. The van der Waals surface area contributed by atoms with Gasteiger partial charge in [0.2, 0.25) is 0 Å². The molecule has 0 bridgehead atoms. The average Bonchev–Trinajstić information content (AvgIpc) is 2.67. The summed E-state index contributed by atoms with van der Waals surface area (Å²) in [6, 6.07) is 0. The molecule has 17 heavy (non-hydrogen) atoms. The van der Waals surface area contributed by atoms with Crippen molar-refractivity contribution in [2.24, 2.45) is 5.14 Å². The predicted molar refractivity (Wildman–Crippen MR) is 67.1 cm³/mol. The first-order valence-corrected chi connectivity index (χ1v) is 7.62. The predicted octanol–water partition coefficient (Wildman–Crippen LogP) is 1.67. The van der Waals surface area contributed by atoms with Gasteiger partial charge >= 0.3 is 0 Å². The van der Waals surface area contributed by atoms with E-state index in [-0.39, 0.29) is 5.03 Å². The van der Waals surface area contributed by atoms with Crippen LogP contribution in [-0.4, -0.2) is 18.0 Å². The third-order valence-corrected chi connectivity index (χ3v) is 3.48. The summed E-state index contributed by atoms with van der Waals surface area (Å²) < 4.78 is 24.3. The van der Waals surface area contributed by atoms with Crippen molar-refractivity contribution >= 4 is 10.0 Å². The second-order valence-corrected chi connectivity index (χ2v) is 5.66. The Balaban J connectivity index is 2.74. The smallest absolute Gasteiger partial charge is 0.257 e. The molecule has 0 aliphatic rings. The molecular weight excluding hydrogens is 238 g/mol. The van der Waals surface area contributed by atoms with Crippen LogP contribution < -0.4 is 5.14 Å². The van der Waals surface area contributed by atoms with E-state index in [1.165, 1.54) is 12.8 Å². The van der Waals surface area contributed by atoms with Crippen LogP contribution in [0.3, 0.4) is 0 Å². The van der Waals surface area contributed by atoms with E-state index in [0.717, 1.165) is 25.2 Å². The van der Waals surface area contributed by atoms with Gasteiger partial charge in [-0.2, -0.15) is 0 Å². The van der Waals surface area contributed by atoms with Crippen molar-refractivity contribution in [2.75, 3.05) is 0 Å². The highest BCUT2D eigenvalue weighted by Gasteiger charge is 2.14. The van der Waals surface area contributed by atoms with Crippen LogP contribution in [0.5, 0.6) is 0 Å². The van der Waals surface area contributed by atoms with Gasteiger partial charge in [0.05, 0.1) is 0 Å². The van der Waals surface area contributed by atoms with Gasteiger partial charge in [0, 0.05) is 19.2 Å². The molecule has 0 saturated heterocycles. The van der Waals surface area contributed by atoms with Crippen molar-refractivity contribution in [3.63, 3.8) is 0 Å². The minimum absolute atomic E-state index is 0.0233. The number of hydrogen-bond acceptors (Lipinski definition) is 3. The standard InChI is InChI=1S/C11H21N3O2S/c1-3-5-6-7-8-14-9-11(17(12,15)16)13-10(14)4-2/h9H,3-8H2,1-2H3,(H2,12,15,16). The van der Waals surface area contributed by atoms with E-state index < -0.39 is 10.0 Å². The summed E-state index contributed by atoms with van der Waals surface area (Å²) >= 11 is 0. The quantitative estimate of drug-likeness (QED) is 0.757. The highest BCUT2D eigenvalue weighted by Crippen LogP contribution is 2.11. The van der Waals surface area contributed by atoms with E-state index >= 15 is 0 Å². The Morgan fingerprint density at radius 2 is 2.00 bits per heavy atom. The molecule has 0 atom stereocenters. The molecule has 1 heterocycles. The Morgan fingerprint density at radius 3 is 2.53 bits per heavy atom. The number of rotatable bonds is 7. The van der Waals surface area contributed by atoms with Crippen molar-refractivity contribution in [1.29, 1.82) is 0 Å². The number of sulfonamides is 1. The normalized spacial score (nSPS) is 11.9. The lowest BCUT2D eigenvalue weighted by Crippen LogP contribution is -2.12. The Bertz CT molecular complexity index is 451. The fraction of sp³-hybridized carbons (Fsp3) is 0.727. The fourth-order valence-electron chi connectivity index (χ4n) is 1.75. The van der Waals surface area contributed by atoms with Crippen LogP contribution in [0.2, 0.25) is 0 Å². The van der Waals surface area contributed by atoms with Gasteiger partial charge in [0.15, 0.2) is 5.03 Å². The Labute approximate surface area is 103 Å². The van der Waals surface area contributed by atoms with Gasteiger partial charge in [0.1, 0.15) is 5.82 Å². The second kappa shape index (κ2) is 6.16. The minimum atomic E-state index is -3.68. The van der Waals surface area contributed by atoms with Gasteiger partial charge < -0.3 is 4.57 Å². The van der Waals surface area contributed by atoms with Gasteiger partial charge in [-0.1, -0.05) is 33.1 Å². The van der Waals surface area contributed by atoms with E-state index in [2.05, 4.69) is 11.9 Å². The monoisotopic (exact) mass is 259 g/mol. The molecule has 5 nitrogen and oxygen atoms in total. The Kier molecular flexibility index (Phi) is 5.14. The Morgan fingerprint density at radius 1 is 1.29 bits per heavy atom. The van der Waals surface area contributed by atoms with Gasteiger partial charge in [-0.3, -0.25) is 0 Å². The summed E-state index contributed by atoms with van der Waals surface area (Å²) in [7, 11) is -3.68. The van der Waals surface area contributed by atoms with E-state index in [0.29, 0.717) is 6.42 Å². The molecule has 0 spiro atoms. The molecule has 0 unspecified atom stereocenters. The molecule has 0 aromatic carbocycles. The van der Waals surface area contributed by atoms with Crippen LogP contribution in [0.1, 0.15) is 45.4 Å². The van der Waals surface area contributed by atoms with Crippen LogP contribution in [0.15, 0.2) is 11.2 Å². The third-order valence-electron chi connectivity index (χ3n) is 2.70. The number of aromatic nitrogens is 2. The fourth-order valence-corrected chi connectivity index (χ4v) is 2.26. The molecule has 1 rings (SSSR count). The van der Waals surface area contributed by atoms with E-state index in [9.17, 15) is 8.42 Å². The molecule has 0 aliphatic carbocycles. The second-order valence-electron chi connectivity index (χ2n) is 4.15. The number of primary sulfonamides is 1. The zero-order valence-corrected chi connectivity index (χ0v) is 11.3. The van der Waals surface area contributed by atoms with E-state index in [1.54, 1.807) is 6.20 Å². The largest absolute Gasteiger partial charge is 0.333 e. The Hall–Kier alpha value is -0.880. The lowest BCUT2D eigenvalue weighted by molar-refractivity contribution is 0.566. The summed E-state index contributed by atoms with van der Waals surface area (Å²) in [4.78, 5) is 4.05. The first kappa shape index (κ1) is 14.2. The molecule has 0 fully saturated rings. The number of imidazole rings is 1.